The standard InChI is InChI=1S/C77H111N17O21/c1-46(2)33-56(70(109)88-60(74(113)89-62(44-95)47(3)97)37-51-39-81-54-18-11-10-17-53(51)54)84-71(110)59(36-50-20-22-52(98)23-21-50)85-69(108)55(19-12-24-80-77(78)79)83-76(115)63(45-96)90-73(112)58(35-49-15-8-5-9-16-49)86-72(111)57(34-48-13-6-4-7-14-48)87-75(114)61(38-65(100)101)82-64(99)40-91-25-27-92(41-66(102)103)29-31-94(43-68(106)107)32-30-93(28-26-91)42-67(104)105/h5,8-11,15-18,20-23,39,46,48,55-63,81,95-98H,3-4,6-7,12-14,19,24-38,40-45H2,1-2H3,(H,82,99)(H,83,115)(H,84,110)(H,85,108)(H,86,111)(H,87,114)(H,88,109)(H,89,113)(H,90,112)(H,100,101)(H,102,103)(H,104,105)(H,106,107)(H4,78,79,80)/t55?,56-,57+,58?,59+,60+,61-,62+,63?/m1/s1. The van der Waals surface area contributed by atoms with Crippen LogP contribution < -0.4 is 59.3 Å². The minimum atomic E-state index is -1.88. The van der Waals surface area contributed by atoms with E-state index in [1.807, 2.05) is 0 Å². The van der Waals surface area contributed by atoms with Crippen LogP contribution in [0, 0.1) is 11.8 Å². The van der Waals surface area contributed by atoms with Gasteiger partial charge in [-0.05, 0) is 72.4 Å². The van der Waals surface area contributed by atoms with Crippen molar-refractivity contribution in [1.29, 1.82) is 0 Å². The number of aliphatic imine (C=N–C) groups is 1. The first-order chi connectivity index (χ1) is 54.7. The highest BCUT2D eigenvalue weighted by Crippen LogP contribution is 2.28. The number of para-hydroxylation sites is 1. The highest BCUT2D eigenvalue weighted by molar-refractivity contribution is 5.99. The maximum Gasteiger partial charge on any atom is 0.317 e. The van der Waals surface area contributed by atoms with Gasteiger partial charge in [-0.25, -0.2) is 0 Å². The van der Waals surface area contributed by atoms with Gasteiger partial charge in [0.15, 0.2) is 5.96 Å². The summed E-state index contributed by atoms with van der Waals surface area (Å²) in [4.78, 5) is 193. The number of amides is 9. The molecule has 38 nitrogen and oxygen atoms in total. The van der Waals surface area contributed by atoms with Crippen molar-refractivity contribution in [3.8, 4) is 5.75 Å². The number of carbonyl (C=O) groups is 13. The Hall–Kier alpha value is -11.3. The number of phenolic OH excluding ortho intramolecular Hbond substituents is 1. The van der Waals surface area contributed by atoms with Crippen molar-refractivity contribution in [2.75, 3.05) is 98.3 Å². The first-order valence-corrected chi connectivity index (χ1v) is 38.3. The number of benzene rings is 3. The molecule has 3 unspecified atom stereocenters. The van der Waals surface area contributed by atoms with E-state index in [-0.39, 0.29) is 127 Å². The highest BCUT2D eigenvalue weighted by Gasteiger charge is 2.38. The molecule has 2 fully saturated rings. The molecule has 1 aliphatic carbocycles. The first kappa shape index (κ1) is 92.5. The number of nitrogens with one attached hydrogen (secondary N) is 10. The molecular formula is C77H111N17O21. The van der Waals surface area contributed by atoms with Gasteiger partial charge in [0.05, 0.1) is 45.8 Å². The van der Waals surface area contributed by atoms with Crippen LogP contribution in [0.25, 0.3) is 10.9 Å². The lowest BCUT2D eigenvalue weighted by atomic mass is 9.84. The number of aliphatic hydroxyl groups is 3. The monoisotopic (exact) mass is 1610 g/mol. The summed E-state index contributed by atoms with van der Waals surface area (Å²) in [7, 11) is 0. The molecule has 9 amide bonds. The number of aromatic amines is 1. The van der Waals surface area contributed by atoms with E-state index in [2.05, 4.69) is 64.4 Å². The lowest BCUT2D eigenvalue weighted by Crippen LogP contribution is -2.61. The Balaban J connectivity index is 1.24. The summed E-state index contributed by atoms with van der Waals surface area (Å²) < 4.78 is 0. The van der Waals surface area contributed by atoms with Crippen molar-refractivity contribution in [2.45, 2.75) is 152 Å². The summed E-state index contributed by atoms with van der Waals surface area (Å²) in [5, 5.41) is 105. The van der Waals surface area contributed by atoms with Gasteiger partial charge >= 0.3 is 23.9 Å². The Bertz CT molecular complexity index is 3940. The maximum atomic E-state index is 15.0. The Morgan fingerprint density at radius 2 is 0.896 bits per heavy atom. The zero-order valence-corrected chi connectivity index (χ0v) is 64.7. The van der Waals surface area contributed by atoms with Gasteiger partial charge in [-0.3, -0.25) is 86.9 Å². The van der Waals surface area contributed by atoms with Crippen molar-refractivity contribution in [2.24, 2.45) is 28.3 Å². The largest absolute Gasteiger partial charge is 0.511 e. The molecule has 3 aromatic carbocycles. The SMILES string of the molecule is C=C(O)[C@H](CO)NC(=O)[C@H](Cc1c[nH]c2ccccc12)NC(=O)[C@@H](CC(C)C)NC(=O)[C@H](Cc1ccc(O)cc1)NC(=O)C(CCCN=C(N)N)NC(=O)C(CO)NC(=O)C(Cc1ccccc1)NC(=O)[C@H](CC1CCCCC1)NC(=O)[C@@H](CC(=O)O)NC(=O)CN1CCN(CC(=O)O)CCN(CC(=O)O)CCN(CC(=O)O)CC1. The normalized spacial score (nSPS) is 16.6. The molecule has 1 saturated heterocycles. The third-order valence-corrected chi connectivity index (χ3v) is 19.6. The number of fused-ring (bicyclic) bond motifs is 1. The van der Waals surface area contributed by atoms with Crippen LogP contribution in [0.3, 0.4) is 0 Å². The molecule has 0 radical (unpaired) electrons. The number of carboxylic acid groups (broad SMARTS) is 4. The molecule has 4 aromatic rings. The summed E-state index contributed by atoms with van der Waals surface area (Å²) in [5.74, 6) is -15.3. The number of phenols is 1. The topological polar surface area (TPSA) is 585 Å². The quantitative estimate of drug-likeness (QED) is 0.00930. The van der Waals surface area contributed by atoms with Gasteiger partial charge in [0, 0.05) is 95.3 Å². The molecular weight excluding hydrogens is 1500 g/mol. The number of aliphatic hydroxyl groups excluding tert-OH is 3. The number of hydrogen-bond donors (Lipinski definition) is 20. The van der Waals surface area contributed by atoms with E-state index >= 15 is 0 Å². The second-order valence-electron chi connectivity index (χ2n) is 29.3. The van der Waals surface area contributed by atoms with Crippen LogP contribution in [-0.2, 0) is 81.6 Å². The minimum absolute atomic E-state index is 0.00134. The number of aromatic hydroxyl groups is 1. The molecule has 0 bridgehead atoms. The number of aliphatic carboxylic acids is 4. The van der Waals surface area contributed by atoms with Crippen molar-refractivity contribution in [1.82, 2.24) is 72.4 Å². The molecule has 630 valence electrons. The van der Waals surface area contributed by atoms with Gasteiger partial charge in [0.25, 0.3) is 0 Å². The lowest BCUT2D eigenvalue weighted by Gasteiger charge is -2.33. The van der Waals surface area contributed by atoms with Gasteiger partial charge in [0.1, 0.15) is 65.9 Å². The van der Waals surface area contributed by atoms with Gasteiger partial charge < -0.3 is 105 Å². The molecule has 2 heterocycles. The number of nitrogens with two attached hydrogens (primary N) is 2. The molecule has 38 heteroatoms. The Labute approximate surface area is 665 Å². The number of carboxylic acids is 4. The second kappa shape index (κ2) is 47.4. The number of H-pyrrole nitrogens is 1. The summed E-state index contributed by atoms with van der Waals surface area (Å²) >= 11 is 0. The van der Waals surface area contributed by atoms with E-state index < -0.39 is 183 Å². The average molecular weight is 1610 g/mol. The van der Waals surface area contributed by atoms with Gasteiger partial charge in [-0.15, -0.1) is 0 Å². The van der Waals surface area contributed by atoms with Crippen LogP contribution in [0.1, 0.15) is 94.7 Å². The first-order valence-electron chi connectivity index (χ1n) is 38.3. The molecule has 6 rings (SSSR count). The van der Waals surface area contributed by atoms with Crippen LogP contribution in [0.5, 0.6) is 5.75 Å². The van der Waals surface area contributed by atoms with E-state index in [1.165, 1.54) is 34.1 Å². The molecule has 0 spiro atoms. The third kappa shape index (κ3) is 33.0. The third-order valence-electron chi connectivity index (χ3n) is 19.6. The molecule has 9 atom stereocenters. The molecule has 1 aromatic heterocycles. The van der Waals surface area contributed by atoms with Crippen LogP contribution in [0.2, 0.25) is 0 Å². The summed E-state index contributed by atoms with van der Waals surface area (Å²) in [6.07, 6.45) is 3.31. The van der Waals surface area contributed by atoms with E-state index in [1.54, 1.807) is 84.4 Å². The van der Waals surface area contributed by atoms with Crippen LogP contribution in [0.4, 0.5) is 0 Å². The molecule has 115 heavy (non-hydrogen) atoms. The smallest absolute Gasteiger partial charge is 0.317 e. The average Bonchev–Trinajstić information content (AvgIpc) is 1.64. The van der Waals surface area contributed by atoms with Crippen molar-refractivity contribution >= 4 is 93.9 Å². The van der Waals surface area contributed by atoms with Crippen LogP contribution in [-0.4, -0.2) is 301 Å². The predicted octanol–water partition coefficient (Wildman–Crippen LogP) is -2.66. The number of aromatic nitrogens is 1. The Morgan fingerprint density at radius 1 is 0.478 bits per heavy atom. The van der Waals surface area contributed by atoms with Crippen LogP contribution in [0.15, 0.2) is 102 Å². The van der Waals surface area contributed by atoms with E-state index in [0.29, 0.717) is 29.5 Å². The van der Waals surface area contributed by atoms with Gasteiger partial charge in [0.2, 0.25) is 53.2 Å². The zero-order chi connectivity index (χ0) is 84.3. The maximum absolute atomic E-state index is 15.0. The van der Waals surface area contributed by atoms with Crippen molar-refractivity contribution in [3.05, 3.63) is 114 Å². The second-order valence-corrected chi connectivity index (χ2v) is 29.3. The molecule has 1 aliphatic heterocycles. The lowest BCUT2D eigenvalue weighted by molar-refractivity contribution is -0.141. The van der Waals surface area contributed by atoms with Crippen molar-refractivity contribution in [3.63, 3.8) is 0 Å². The number of nitrogens with zero attached hydrogens (tertiary/aromatic N) is 5. The summed E-state index contributed by atoms with van der Waals surface area (Å²) in [5.41, 5.74) is 13.4. The fraction of sp³-hybridized carbons (Fsp3) is 0.532. The predicted molar refractivity (Wildman–Crippen MR) is 419 cm³/mol. The Morgan fingerprint density at radius 3 is 1.39 bits per heavy atom. The van der Waals surface area contributed by atoms with E-state index in [4.69, 9.17) is 11.5 Å². The Kier molecular flexibility index (Phi) is 38.1. The number of hydrogen-bond acceptors (Lipinski definition) is 22. The summed E-state index contributed by atoms with van der Waals surface area (Å²) in [6.45, 7) is 3.61. The molecule has 1 saturated carbocycles. The summed E-state index contributed by atoms with van der Waals surface area (Å²) in [6, 6.07) is 6.92. The van der Waals surface area contributed by atoms with Crippen molar-refractivity contribution < 1.29 is 103 Å². The van der Waals surface area contributed by atoms with Gasteiger partial charge in [-0.1, -0.05) is 113 Å². The number of rotatable bonds is 44. The number of carbonyl (C=O) groups excluding carboxylic acids is 9. The molecule has 2 aliphatic rings. The highest BCUT2D eigenvalue weighted by atomic mass is 16.4. The van der Waals surface area contributed by atoms with Gasteiger partial charge in [-0.2, -0.15) is 0 Å². The molecule has 22 N–H and O–H groups in total. The number of guanidine groups is 1. The van der Waals surface area contributed by atoms with Crippen LogP contribution >= 0.6 is 0 Å². The van der Waals surface area contributed by atoms with E-state index in [0.717, 1.165) is 30.2 Å². The zero-order valence-electron chi connectivity index (χ0n) is 64.7. The minimum Gasteiger partial charge on any atom is -0.511 e. The van der Waals surface area contributed by atoms with E-state index in [9.17, 15) is 103 Å². The fourth-order valence-corrected chi connectivity index (χ4v) is 13.5. The fourth-order valence-electron chi connectivity index (χ4n) is 13.5.